The molecule has 2 aromatic carbocycles. The third-order valence-corrected chi connectivity index (χ3v) is 3.30. The zero-order valence-electron chi connectivity index (χ0n) is 11.7. The van der Waals surface area contributed by atoms with Gasteiger partial charge in [-0.3, -0.25) is 9.59 Å². The van der Waals surface area contributed by atoms with Gasteiger partial charge in [-0.05, 0) is 24.6 Å². The van der Waals surface area contributed by atoms with Gasteiger partial charge in [0, 0.05) is 11.1 Å². The van der Waals surface area contributed by atoms with Gasteiger partial charge in [0.05, 0.1) is 6.54 Å². The highest BCUT2D eigenvalue weighted by Gasteiger charge is 2.23. The molecule has 0 saturated carbocycles. The van der Waals surface area contributed by atoms with Gasteiger partial charge in [-0.15, -0.1) is 0 Å². The topological polar surface area (TPSA) is 66.4 Å². The van der Waals surface area contributed by atoms with E-state index in [2.05, 4.69) is 5.32 Å². The van der Waals surface area contributed by atoms with Crippen LogP contribution in [0.5, 0.6) is 0 Å². The van der Waals surface area contributed by atoms with E-state index >= 15 is 0 Å². The van der Waals surface area contributed by atoms with Crippen LogP contribution in [0, 0.1) is 0 Å². The van der Waals surface area contributed by atoms with E-state index in [0.29, 0.717) is 11.1 Å². The summed E-state index contributed by atoms with van der Waals surface area (Å²) in [4.78, 5) is 22.6. The Bertz CT molecular complexity index is 618. The first-order valence-electron chi connectivity index (χ1n) is 6.64. The molecular formula is C17H17NO3. The van der Waals surface area contributed by atoms with Crippen LogP contribution in [0.4, 0.5) is 0 Å². The minimum Gasteiger partial charge on any atom is -0.384 e. The van der Waals surface area contributed by atoms with E-state index in [1.807, 2.05) is 30.3 Å². The lowest BCUT2D eigenvalue weighted by Crippen LogP contribution is -2.38. The number of carbonyl (C=O) groups is 2. The van der Waals surface area contributed by atoms with Crippen molar-refractivity contribution in [1.29, 1.82) is 0 Å². The number of benzene rings is 2. The molecule has 0 fully saturated rings. The largest absolute Gasteiger partial charge is 0.384 e. The predicted molar refractivity (Wildman–Crippen MR) is 80.2 cm³/mol. The fraction of sp³-hybridized carbons (Fsp3) is 0.176. The lowest BCUT2D eigenvalue weighted by atomic mass is 9.96. The zero-order valence-corrected chi connectivity index (χ0v) is 11.7. The van der Waals surface area contributed by atoms with Crippen LogP contribution in [0.3, 0.4) is 0 Å². The van der Waals surface area contributed by atoms with E-state index in [4.69, 9.17) is 0 Å². The maximum absolute atomic E-state index is 12.0. The van der Waals surface area contributed by atoms with Gasteiger partial charge < -0.3 is 10.4 Å². The highest BCUT2D eigenvalue weighted by molar-refractivity contribution is 5.94. The summed E-state index contributed by atoms with van der Waals surface area (Å²) < 4.78 is 0. The normalized spacial score (nSPS) is 13.2. The molecule has 1 amide bonds. The Morgan fingerprint density at radius 3 is 2.33 bits per heavy atom. The van der Waals surface area contributed by atoms with Crippen LogP contribution >= 0.6 is 0 Å². The summed E-state index contributed by atoms with van der Waals surface area (Å²) in [6.07, 6.45) is 0.724. The molecule has 21 heavy (non-hydrogen) atoms. The number of hydrogen-bond acceptors (Lipinski definition) is 3. The Hall–Kier alpha value is -2.46. The minimum absolute atomic E-state index is 0.102. The van der Waals surface area contributed by atoms with Crippen LogP contribution in [-0.2, 0) is 5.60 Å². The van der Waals surface area contributed by atoms with Crippen molar-refractivity contribution >= 4 is 12.2 Å². The first kappa shape index (κ1) is 14.9. The third kappa shape index (κ3) is 3.77. The van der Waals surface area contributed by atoms with Crippen molar-refractivity contribution in [3.8, 4) is 0 Å². The van der Waals surface area contributed by atoms with Crippen LogP contribution in [0.15, 0.2) is 54.6 Å². The summed E-state index contributed by atoms with van der Waals surface area (Å²) in [5, 5.41) is 13.1. The molecule has 2 rings (SSSR count). The van der Waals surface area contributed by atoms with Gasteiger partial charge in [-0.2, -0.15) is 0 Å². The molecule has 4 nitrogen and oxygen atoms in total. The van der Waals surface area contributed by atoms with Crippen LogP contribution in [-0.4, -0.2) is 23.8 Å². The van der Waals surface area contributed by atoms with Crippen molar-refractivity contribution in [3.63, 3.8) is 0 Å². The Kier molecular flexibility index (Phi) is 4.50. The van der Waals surface area contributed by atoms with Crippen molar-refractivity contribution in [1.82, 2.24) is 5.32 Å². The number of carbonyl (C=O) groups excluding carboxylic acids is 2. The number of aldehydes is 1. The number of amides is 1. The molecule has 1 atom stereocenters. The molecule has 2 aromatic rings. The zero-order chi connectivity index (χ0) is 15.3. The SMILES string of the molecule is CC(O)(CNC(=O)c1ccc(C=O)cc1)c1ccccc1. The van der Waals surface area contributed by atoms with Crippen molar-refractivity contribution < 1.29 is 14.7 Å². The first-order valence-corrected chi connectivity index (χ1v) is 6.64. The van der Waals surface area contributed by atoms with E-state index in [9.17, 15) is 14.7 Å². The first-order chi connectivity index (χ1) is 10.0. The highest BCUT2D eigenvalue weighted by atomic mass is 16.3. The lowest BCUT2D eigenvalue weighted by Gasteiger charge is -2.24. The molecule has 0 spiro atoms. The molecule has 0 aliphatic heterocycles. The Morgan fingerprint density at radius 2 is 1.76 bits per heavy atom. The molecule has 0 aromatic heterocycles. The molecule has 0 radical (unpaired) electrons. The molecule has 4 heteroatoms. The van der Waals surface area contributed by atoms with E-state index in [-0.39, 0.29) is 12.5 Å². The van der Waals surface area contributed by atoms with Crippen LogP contribution in [0.2, 0.25) is 0 Å². The number of nitrogens with one attached hydrogen (secondary N) is 1. The average molecular weight is 283 g/mol. The van der Waals surface area contributed by atoms with Crippen LogP contribution < -0.4 is 5.32 Å². The molecule has 0 bridgehead atoms. The standard InChI is InChI=1S/C17H17NO3/c1-17(21,15-5-3-2-4-6-15)12-18-16(20)14-9-7-13(11-19)8-10-14/h2-11,21H,12H2,1H3,(H,18,20). The second-order valence-corrected chi connectivity index (χ2v) is 5.06. The van der Waals surface area contributed by atoms with Gasteiger partial charge in [0.15, 0.2) is 0 Å². The fourth-order valence-corrected chi connectivity index (χ4v) is 1.97. The molecule has 1 unspecified atom stereocenters. The van der Waals surface area contributed by atoms with Crippen molar-refractivity contribution in [2.24, 2.45) is 0 Å². The summed E-state index contributed by atoms with van der Waals surface area (Å²) in [7, 11) is 0. The quantitative estimate of drug-likeness (QED) is 0.826. The summed E-state index contributed by atoms with van der Waals surface area (Å²) >= 11 is 0. The number of rotatable bonds is 5. The minimum atomic E-state index is -1.14. The summed E-state index contributed by atoms with van der Waals surface area (Å²) in [6.45, 7) is 1.75. The number of hydrogen-bond donors (Lipinski definition) is 2. The maximum atomic E-state index is 12.0. The highest BCUT2D eigenvalue weighted by Crippen LogP contribution is 2.19. The second-order valence-electron chi connectivity index (χ2n) is 5.06. The molecule has 0 aliphatic rings. The van der Waals surface area contributed by atoms with Crippen molar-refractivity contribution in [3.05, 3.63) is 71.3 Å². The third-order valence-electron chi connectivity index (χ3n) is 3.30. The van der Waals surface area contributed by atoms with E-state index in [0.717, 1.165) is 11.8 Å². The van der Waals surface area contributed by atoms with Gasteiger partial charge >= 0.3 is 0 Å². The Balaban J connectivity index is 2.01. The van der Waals surface area contributed by atoms with Crippen LogP contribution in [0.1, 0.15) is 33.2 Å². The van der Waals surface area contributed by atoms with Crippen molar-refractivity contribution in [2.45, 2.75) is 12.5 Å². The predicted octanol–water partition coefficient (Wildman–Crippen LogP) is 2.14. The van der Waals surface area contributed by atoms with Gasteiger partial charge in [0.1, 0.15) is 11.9 Å². The summed E-state index contributed by atoms with van der Waals surface area (Å²) in [5.74, 6) is -0.288. The van der Waals surface area contributed by atoms with Crippen LogP contribution in [0.25, 0.3) is 0 Å². The summed E-state index contributed by atoms with van der Waals surface area (Å²) in [6, 6.07) is 15.5. The Labute approximate surface area is 123 Å². The second kappa shape index (κ2) is 6.33. The summed E-state index contributed by atoms with van der Waals surface area (Å²) in [5.41, 5.74) is 0.563. The van der Waals surface area contributed by atoms with Gasteiger partial charge in [-0.1, -0.05) is 42.5 Å². The fourth-order valence-electron chi connectivity index (χ4n) is 1.97. The smallest absolute Gasteiger partial charge is 0.251 e. The number of aliphatic hydroxyl groups is 1. The molecule has 108 valence electrons. The Morgan fingerprint density at radius 1 is 1.14 bits per heavy atom. The van der Waals surface area contributed by atoms with Crippen molar-refractivity contribution in [2.75, 3.05) is 6.54 Å². The molecule has 0 saturated heterocycles. The lowest BCUT2D eigenvalue weighted by molar-refractivity contribution is 0.0526. The monoisotopic (exact) mass is 283 g/mol. The van der Waals surface area contributed by atoms with Gasteiger partial charge in [0.2, 0.25) is 0 Å². The van der Waals surface area contributed by atoms with E-state index < -0.39 is 5.60 Å². The van der Waals surface area contributed by atoms with Gasteiger partial charge in [0.25, 0.3) is 5.91 Å². The maximum Gasteiger partial charge on any atom is 0.251 e. The average Bonchev–Trinajstić information content (AvgIpc) is 2.53. The molecule has 0 heterocycles. The molecule has 2 N–H and O–H groups in total. The van der Waals surface area contributed by atoms with E-state index in [1.54, 1.807) is 31.2 Å². The molecule has 0 aliphatic carbocycles. The van der Waals surface area contributed by atoms with Gasteiger partial charge in [-0.25, -0.2) is 0 Å². The molecular weight excluding hydrogens is 266 g/mol. The van der Waals surface area contributed by atoms with E-state index in [1.165, 1.54) is 0 Å².